The van der Waals surface area contributed by atoms with Gasteiger partial charge in [-0.05, 0) is 57.0 Å². The van der Waals surface area contributed by atoms with Crippen LogP contribution in [0.3, 0.4) is 0 Å². The number of rotatable bonds is 5. The smallest absolute Gasteiger partial charge is 0.178 e. The van der Waals surface area contributed by atoms with E-state index in [-0.39, 0.29) is 6.04 Å². The Morgan fingerprint density at radius 3 is 2.85 bits per heavy atom. The fraction of sp³-hybridized carbons (Fsp3) is 0.350. The van der Waals surface area contributed by atoms with E-state index in [1.807, 2.05) is 34.8 Å². The highest BCUT2D eigenvalue weighted by Gasteiger charge is 2.29. The van der Waals surface area contributed by atoms with Gasteiger partial charge in [-0.25, -0.2) is 0 Å². The van der Waals surface area contributed by atoms with Gasteiger partial charge >= 0.3 is 0 Å². The molecule has 3 heterocycles. The summed E-state index contributed by atoms with van der Waals surface area (Å²) in [4.78, 5) is 0. The van der Waals surface area contributed by atoms with Crippen LogP contribution >= 0.6 is 0 Å². The summed E-state index contributed by atoms with van der Waals surface area (Å²) >= 11 is 0. The number of nitrogens with one attached hydrogen (secondary N) is 1. The highest BCUT2D eigenvalue weighted by molar-refractivity contribution is 5.83. The molecule has 7 nitrogen and oxygen atoms in total. The molecule has 0 aliphatic heterocycles. The molecule has 0 amide bonds. The Morgan fingerprint density at radius 1 is 1.22 bits per heavy atom. The minimum atomic E-state index is -0.0331. The first-order valence-corrected chi connectivity index (χ1v) is 9.20. The van der Waals surface area contributed by atoms with Crippen molar-refractivity contribution in [2.45, 2.75) is 38.6 Å². The van der Waals surface area contributed by atoms with E-state index in [2.05, 4.69) is 29.4 Å². The van der Waals surface area contributed by atoms with E-state index in [0.717, 1.165) is 58.2 Å². The minimum Gasteiger partial charge on any atom is -0.497 e. The van der Waals surface area contributed by atoms with Crippen molar-refractivity contribution >= 4 is 22.4 Å². The van der Waals surface area contributed by atoms with Crippen molar-refractivity contribution in [2.75, 3.05) is 12.4 Å². The van der Waals surface area contributed by atoms with Crippen LogP contribution in [-0.2, 0) is 0 Å². The van der Waals surface area contributed by atoms with Crippen LogP contribution in [0.2, 0.25) is 0 Å². The molecular formula is C20H21N5O2. The minimum absolute atomic E-state index is 0.0331. The number of furan rings is 1. The quantitative estimate of drug-likeness (QED) is 0.571. The Balaban J connectivity index is 1.47. The Hall–Kier alpha value is -3.09. The molecule has 1 aromatic carbocycles. The van der Waals surface area contributed by atoms with E-state index in [9.17, 15) is 0 Å². The standard InChI is InChI=1S/C20H21N5O2/c1-11-15-10-14(26-3)6-7-16(15)27-19(11)12(2)21-17-8-9-18-22-23-20(13-4-5-13)25(18)24-17/h6-10,12-13H,4-5H2,1-3H3,(H,21,24). The number of methoxy groups -OCH3 is 1. The summed E-state index contributed by atoms with van der Waals surface area (Å²) in [7, 11) is 1.67. The van der Waals surface area contributed by atoms with Crippen molar-refractivity contribution in [2.24, 2.45) is 0 Å². The molecular weight excluding hydrogens is 342 g/mol. The summed E-state index contributed by atoms with van der Waals surface area (Å²) in [5, 5.41) is 17.7. The van der Waals surface area contributed by atoms with Gasteiger partial charge in [0.05, 0.1) is 13.2 Å². The van der Waals surface area contributed by atoms with Crippen molar-refractivity contribution in [1.82, 2.24) is 19.8 Å². The highest BCUT2D eigenvalue weighted by Crippen LogP contribution is 2.39. The number of fused-ring (bicyclic) bond motifs is 2. The van der Waals surface area contributed by atoms with Gasteiger partial charge in [-0.15, -0.1) is 15.3 Å². The number of hydrogen-bond donors (Lipinski definition) is 1. The number of nitrogens with zero attached hydrogens (tertiary/aromatic N) is 4. The van der Waals surface area contributed by atoms with Crippen LogP contribution in [0.1, 0.15) is 48.9 Å². The normalized spacial score (nSPS) is 15.4. The summed E-state index contributed by atoms with van der Waals surface area (Å²) in [6, 6.07) is 9.70. The van der Waals surface area contributed by atoms with E-state index in [1.165, 1.54) is 0 Å². The predicted molar refractivity (Wildman–Crippen MR) is 102 cm³/mol. The fourth-order valence-corrected chi connectivity index (χ4v) is 3.52. The Kier molecular flexibility index (Phi) is 3.56. The van der Waals surface area contributed by atoms with Crippen molar-refractivity contribution in [3.63, 3.8) is 0 Å². The lowest BCUT2D eigenvalue weighted by Gasteiger charge is -2.13. The topological polar surface area (TPSA) is 77.5 Å². The van der Waals surface area contributed by atoms with Gasteiger partial charge in [0.15, 0.2) is 11.5 Å². The Labute approximate surface area is 156 Å². The number of aryl methyl sites for hydroxylation is 1. The molecule has 5 rings (SSSR count). The van der Waals surface area contributed by atoms with Gasteiger partial charge in [0.25, 0.3) is 0 Å². The highest BCUT2D eigenvalue weighted by atomic mass is 16.5. The monoisotopic (exact) mass is 363 g/mol. The van der Waals surface area contributed by atoms with E-state index >= 15 is 0 Å². The molecule has 1 unspecified atom stereocenters. The van der Waals surface area contributed by atoms with Crippen molar-refractivity contribution in [3.8, 4) is 5.75 Å². The Bertz CT molecular complexity index is 1140. The largest absolute Gasteiger partial charge is 0.497 e. The lowest BCUT2D eigenvalue weighted by atomic mass is 10.1. The first-order valence-electron chi connectivity index (χ1n) is 9.20. The lowest BCUT2D eigenvalue weighted by molar-refractivity contribution is 0.415. The third-order valence-corrected chi connectivity index (χ3v) is 5.17. The zero-order valence-corrected chi connectivity index (χ0v) is 15.6. The van der Waals surface area contributed by atoms with Gasteiger partial charge in [0, 0.05) is 16.9 Å². The maximum atomic E-state index is 6.10. The predicted octanol–water partition coefficient (Wildman–Crippen LogP) is 4.24. The van der Waals surface area contributed by atoms with E-state index in [0.29, 0.717) is 5.92 Å². The van der Waals surface area contributed by atoms with Gasteiger partial charge in [-0.2, -0.15) is 4.52 Å². The second-order valence-electron chi connectivity index (χ2n) is 7.14. The third kappa shape index (κ3) is 2.70. The fourth-order valence-electron chi connectivity index (χ4n) is 3.52. The van der Waals surface area contributed by atoms with E-state index < -0.39 is 0 Å². The van der Waals surface area contributed by atoms with Crippen LogP contribution in [-0.4, -0.2) is 26.9 Å². The molecule has 3 aromatic heterocycles. The van der Waals surface area contributed by atoms with Gasteiger partial charge in [0.1, 0.15) is 22.9 Å². The third-order valence-electron chi connectivity index (χ3n) is 5.17. The molecule has 1 atom stereocenters. The zero-order chi connectivity index (χ0) is 18.5. The number of hydrogen-bond acceptors (Lipinski definition) is 6. The number of benzene rings is 1. The van der Waals surface area contributed by atoms with Crippen LogP contribution in [0.25, 0.3) is 16.6 Å². The molecule has 1 saturated carbocycles. The molecule has 138 valence electrons. The van der Waals surface area contributed by atoms with Gasteiger partial charge in [-0.1, -0.05) is 0 Å². The number of aromatic nitrogens is 4. The van der Waals surface area contributed by atoms with Crippen LogP contribution < -0.4 is 10.1 Å². The van der Waals surface area contributed by atoms with Gasteiger partial charge in [-0.3, -0.25) is 0 Å². The second-order valence-corrected chi connectivity index (χ2v) is 7.14. The molecule has 7 heteroatoms. The molecule has 0 saturated heterocycles. The van der Waals surface area contributed by atoms with E-state index in [4.69, 9.17) is 14.3 Å². The summed E-state index contributed by atoms with van der Waals surface area (Å²) in [6.07, 6.45) is 2.33. The first kappa shape index (κ1) is 16.1. The molecule has 1 fully saturated rings. The summed E-state index contributed by atoms with van der Waals surface area (Å²) in [6.45, 7) is 4.14. The molecule has 0 bridgehead atoms. The maximum Gasteiger partial charge on any atom is 0.178 e. The van der Waals surface area contributed by atoms with E-state index in [1.54, 1.807) is 7.11 Å². The van der Waals surface area contributed by atoms with Crippen LogP contribution in [0.5, 0.6) is 5.75 Å². The maximum absolute atomic E-state index is 6.10. The average molecular weight is 363 g/mol. The van der Waals surface area contributed by atoms with Crippen molar-refractivity contribution in [3.05, 3.63) is 47.5 Å². The first-order chi connectivity index (χ1) is 13.1. The lowest BCUT2D eigenvalue weighted by Crippen LogP contribution is -2.10. The second kappa shape index (κ2) is 5.97. The average Bonchev–Trinajstić information content (AvgIpc) is 3.36. The van der Waals surface area contributed by atoms with Crippen LogP contribution in [0, 0.1) is 6.92 Å². The van der Waals surface area contributed by atoms with Gasteiger partial charge < -0.3 is 14.5 Å². The summed E-state index contributed by atoms with van der Waals surface area (Å²) < 4.78 is 13.3. The molecule has 1 aliphatic carbocycles. The number of ether oxygens (including phenoxy) is 1. The molecule has 1 N–H and O–H groups in total. The Morgan fingerprint density at radius 2 is 2.07 bits per heavy atom. The zero-order valence-electron chi connectivity index (χ0n) is 15.6. The SMILES string of the molecule is COc1ccc2oc(C(C)Nc3ccc4nnc(C5CC5)n4n3)c(C)c2c1. The summed E-state index contributed by atoms with van der Waals surface area (Å²) in [5.74, 6) is 3.94. The number of anilines is 1. The molecule has 4 aromatic rings. The van der Waals surface area contributed by atoms with Crippen LogP contribution in [0.4, 0.5) is 5.82 Å². The molecule has 1 aliphatic rings. The van der Waals surface area contributed by atoms with Gasteiger partial charge in [0.2, 0.25) is 0 Å². The molecule has 0 spiro atoms. The molecule has 27 heavy (non-hydrogen) atoms. The van der Waals surface area contributed by atoms with Crippen molar-refractivity contribution < 1.29 is 9.15 Å². The van der Waals surface area contributed by atoms with Crippen LogP contribution in [0.15, 0.2) is 34.7 Å². The molecule has 0 radical (unpaired) electrons. The van der Waals surface area contributed by atoms with Crippen molar-refractivity contribution in [1.29, 1.82) is 0 Å². The summed E-state index contributed by atoms with van der Waals surface area (Å²) in [5.41, 5.74) is 2.74.